The van der Waals surface area contributed by atoms with Crippen LogP contribution in [0, 0.1) is 20.8 Å². The maximum Gasteiger partial charge on any atom is 0.276 e. The SMILES string of the molecule is Cc1ccc(C(O)Cn2ccn3nc(-c4ccc(C)cc4C)cc3c2=O)cc1. The van der Waals surface area contributed by atoms with Crippen molar-refractivity contribution in [3.05, 3.63) is 93.5 Å². The van der Waals surface area contributed by atoms with E-state index in [2.05, 4.69) is 18.1 Å². The third kappa shape index (κ3) is 3.37. The Bertz CT molecular complexity index is 1200. The van der Waals surface area contributed by atoms with Crippen LogP contribution in [0.4, 0.5) is 0 Å². The number of fused-ring (bicyclic) bond motifs is 1. The maximum absolute atomic E-state index is 12.9. The van der Waals surface area contributed by atoms with Gasteiger partial charge >= 0.3 is 0 Å². The Balaban J connectivity index is 1.69. The van der Waals surface area contributed by atoms with Crippen molar-refractivity contribution in [1.82, 2.24) is 14.2 Å². The predicted molar refractivity (Wildman–Crippen MR) is 111 cm³/mol. The molecule has 0 saturated carbocycles. The highest BCUT2D eigenvalue weighted by molar-refractivity contribution is 5.68. The van der Waals surface area contributed by atoms with E-state index in [1.165, 1.54) is 10.1 Å². The van der Waals surface area contributed by atoms with Crippen LogP contribution in [0.5, 0.6) is 0 Å². The van der Waals surface area contributed by atoms with Crippen LogP contribution < -0.4 is 5.56 Å². The Morgan fingerprint density at radius 2 is 1.68 bits per heavy atom. The molecule has 0 saturated heterocycles. The monoisotopic (exact) mass is 373 g/mol. The molecule has 0 radical (unpaired) electrons. The molecule has 1 unspecified atom stereocenters. The molecule has 0 fully saturated rings. The number of aliphatic hydroxyl groups excluding tert-OH is 1. The fraction of sp³-hybridized carbons (Fsp3) is 0.217. The van der Waals surface area contributed by atoms with E-state index in [4.69, 9.17) is 0 Å². The van der Waals surface area contributed by atoms with Crippen LogP contribution >= 0.6 is 0 Å². The lowest BCUT2D eigenvalue weighted by Gasteiger charge is -2.13. The second-order valence-corrected chi connectivity index (χ2v) is 7.36. The molecule has 4 aromatic rings. The summed E-state index contributed by atoms with van der Waals surface area (Å²) in [6, 6.07) is 15.7. The number of aliphatic hydroxyl groups is 1. The van der Waals surface area contributed by atoms with Gasteiger partial charge in [0.1, 0.15) is 5.52 Å². The van der Waals surface area contributed by atoms with Gasteiger partial charge in [0.15, 0.2) is 0 Å². The van der Waals surface area contributed by atoms with Crippen molar-refractivity contribution in [3.63, 3.8) is 0 Å². The number of hydrogen-bond acceptors (Lipinski definition) is 3. The Hall–Kier alpha value is -3.18. The summed E-state index contributed by atoms with van der Waals surface area (Å²) in [5.74, 6) is 0. The van der Waals surface area contributed by atoms with Gasteiger partial charge in [0, 0.05) is 18.0 Å². The van der Waals surface area contributed by atoms with Gasteiger partial charge in [0.05, 0.1) is 18.3 Å². The molecular formula is C23H23N3O2. The summed E-state index contributed by atoms with van der Waals surface area (Å²) >= 11 is 0. The van der Waals surface area contributed by atoms with Gasteiger partial charge in [-0.05, 0) is 38.0 Å². The molecular weight excluding hydrogens is 350 g/mol. The molecule has 0 aliphatic carbocycles. The van der Waals surface area contributed by atoms with Gasteiger partial charge in [-0.1, -0.05) is 53.6 Å². The molecule has 0 bridgehead atoms. The molecule has 4 rings (SSSR count). The topological polar surface area (TPSA) is 59.5 Å². The van der Waals surface area contributed by atoms with Crippen molar-refractivity contribution < 1.29 is 5.11 Å². The Morgan fingerprint density at radius 3 is 2.39 bits per heavy atom. The molecule has 0 spiro atoms. The quantitative estimate of drug-likeness (QED) is 0.592. The number of aryl methyl sites for hydroxylation is 3. The van der Waals surface area contributed by atoms with Crippen LogP contribution in [0.1, 0.15) is 28.4 Å². The zero-order valence-corrected chi connectivity index (χ0v) is 16.3. The van der Waals surface area contributed by atoms with Crippen molar-refractivity contribution in [1.29, 1.82) is 0 Å². The minimum atomic E-state index is -0.748. The molecule has 1 atom stereocenters. The van der Waals surface area contributed by atoms with Crippen LogP contribution in [-0.4, -0.2) is 19.3 Å². The van der Waals surface area contributed by atoms with Crippen LogP contribution in [0.3, 0.4) is 0 Å². The van der Waals surface area contributed by atoms with E-state index in [9.17, 15) is 9.90 Å². The summed E-state index contributed by atoms with van der Waals surface area (Å²) in [6.45, 7) is 6.30. The molecule has 2 aromatic carbocycles. The number of benzene rings is 2. The average Bonchev–Trinajstić information content (AvgIpc) is 3.09. The van der Waals surface area contributed by atoms with Crippen LogP contribution in [0.2, 0.25) is 0 Å². The maximum atomic E-state index is 12.9. The molecule has 2 aromatic heterocycles. The normalized spacial score (nSPS) is 12.4. The number of aromatic nitrogens is 3. The van der Waals surface area contributed by atoms with Gasteiger partial charge in [-0.25, -0.2) is 4.52 Å². The Morgan fingerprint density at radius 1 is 0.964 bits per heavy atom. The summed E-state index contributed by atoms with van der Waals surface area (Å²) in [6.07, 6.45) is 2.68. The molecule has 0 aliphatic heterocycles. The second kappa shape index (κ2) is 7.09. The summed E-state index contributed by atoms with van der Waals surface area (Å²) < 4.78 is 3.14. The molecule has 28 heavy (non-hydrogen) atoms. The van der Waals surface area contributed by atoms with E-state index < -0.39 is 6.10 Å². The molecule has 5 heteroatoms. The lowest BCUT2D eigenvalue weighted by molar-refractivity contribution is 0.155. The first kappa shape index (κ1) is 18.2. The van der Waals surface area contributed by atoms with Gasteiger partial charge in [0.2, 0.25) is 0 Å². The minimum Gasteiger partial charge on any atom is -0.387 e. The lowest BCUT2D eigenvalue weighted by Crippen LogP contribution is -2.24. The largest absolute Gasteiger partial charge is 0.387 e. The van der Waals surface area contributed by atoms with Crippen molar-refractivity contribution in [2.75, 3.05) is 0 Å². The number of rotatable bonds is 4. The number of nitrogens with zero attached hydrogens (tertiary/aromatic N) is 3. The molecule has 2 heterocycles. The van der Waals surface area contributed by atoms with Crippen molar-refractivity contribution in [3.8, 4) is 11.3 Å². The first-order valence-electron chi connectivity index (χ1n) is 9.33. The second-order valence-electron chi connectivity index (χ2n) is 7.36. The summed E-state index contributed by atoms with van der Waals surface area (Å²) in [7, 11) is 0. The van der Waals surface area contributed by atoms with Gasteiger partial charge in [-0.2, -0.15) is 5.10 Å². The lowest BCUT2D eigenvalue weighted by atomic mass is 10.0. The van der Waals surface area contributed by atoms with Crippen molar-refractivity contribution in [2.45, 2.75) is 33.4 Å². The highest BCUT2D eigenvalue weighted by Crippen LogP contribution is 2.23. The Kier molecular flexibility index (Phi) is 4.61. The summed E-state index contributed by atoms with van der Waals surface area (Å²) in [4.78, 5) is 12.9. The third-order valence-electron chi connectivity index (χ3n) is 5.09. The zero-order chi connectivity index (χ0) is 19.8. The van der Waals surface area contributed by atoms with E-state index in [1.807, 2.05) is 56.3 Å². The van der Waals surface area contributed by atoms with Crippen LogP contribution in [0.15, 0.2) is 65.7 Å². The predicted octanol–water partition coefficient (Wildman–Crippen LogP) is 3.82. The van der Waals surface area contributed by atoms with E-state index >= 15 is 0 Å². The molecule has 0 aliphatic rings. The molecule has 142 valence electrons. The van der Waals surface area contributed by atoms with Crippen molar-refractivity contribution in [2.24, 2.45) is 0 Å². The van der Waals surface area contributed by atoms with E-state index in [1.54, 1.807) is 16.9 Å². The highest BCUT2D eigenvalue weighted by atomic mass is 16.3. The minimum absolute atomic E-state index is 0.169. The van der Waals surface area contributed by atoms with Gasteiger partial charge in [0.25, 0.3) is 5.56 Å². The molecule has 5 nitrogen and oxygen atoms in total. The first-order valence-corrected chi connectivity index (χ1v) is 9.33. The van der Waals surface area contributed by atoms with E-state index in [0.717, 1.165) is 27.9 Å². The first-order chi connectivity index (χ1) is 13.4. The summed E-state index contributed by atoms with van der Waals surface area (Å²) in [5.41, 5.74) is 6.35. The van der Waals surface area contributed by atoms with Crippen LogP contribution in [0.25, 0.3) is 16.8 Å². The number of hydrogen-bond donors (Lipinski definition) is 1. The Labute approximate surface area is 163 Å². The molecule has 0 amide bonds. The van der Waals surface area contributed by atoms with E-state index in [0.29, 0.717) is 5.52 Å². The van der Waals surface area contributed by atoms with Crippen molar-refractivity contribution >= 4 is 5.52 Å². The third-order valence-corrected chi connectivity index (χ3v) is 5.09. The molecule has 1 N–H and O–H groups in total. The van der Waals surface area contributed by atoms with E-state index in [-0.39, 0.29) is 12.1 Å². The fourth-order valence-electron chi connectivity index (χ4n) is 3.48. The standard InChI is InChI=1S/C23H23N3O2/c1-15-4-7-18(8-5-15)22(27)14-25-10-11-26-21(23(25)28)13-20(24-26)19-9-6-16(2)12-17(19)3/h4-13,22,27H,14H2,1-3H3. The smallest absolute Gasteiger partial charge is 0.276 e. The van der Waals surface area contributed by atoms with Crippen LogP contribution in [-0.2, 0) is 6.54 Å². The zero-order valence-electron chi connectivity index (χ0n) is 16.3. The van der Waals surface area contributed by atoms with Gasteiger partial charge in [-0.3, -0.25) is 4.79 Å². The van der Waals surface area contributed by atoms with Gasteiger partial charge in [-0.15, -0.1) is 0 Å². The highest BCUT2D eigenvalue weighted by Gasteiger charge is 2.14. The fourth-order valence-corrected chi connectivity index (χ4v) is 3.48. The summed E-state index contributed by atoms with van der Waals surface area (Å²) in [5, 5.41) is 15.1. The average molecular weight is 373 g/mol. The van der Waals surface area contributed by atoms with Gasteiger partial charge < -0.3 is 9.67 Å².